The lowest BCUT2D eigenvalue weighted by Crippen LogP contribution is -2.24. The number of nitrogens with one attached hydrogen (secondary N) is 1. The van der Waals surface area contributed by atoms with E-state index in [9.17, 15) is 13.6 Å². The van der Waals surface area contributed by atoms with Crippen molar-refractivity contribution in [3.8, 4) is 0 Å². The van der Waals surface area contributed by atoms with Crippen molar-refractivity contribution >= 4 is 11.6 Å². The van der Waals surface area contributed by atoms with E-state index < -0.39 is 11.6 Å². The van der Waals surface area contributed by atoms with Crippen molar-refractivity contribution in [3.63, 3.8) is 0 Å². The molecule has 0 fully saturated rings. The van der Waals surface area contributed by atoms with Crippen LogP contribution in [0.4, 0.5) is 14.5 Å². The average Bonchev–Trinajstić information content (AvgIpc) is 2.70. The first kappa shape index (κ1) is 11.7. The molecule has 17 heavy (non-hydrogen) atoms. The average molecular weight is 238 g/mol. The molecule has 0 bridgehead atoms. The molecule has 1 aromatic rings. The second-order valence-corrected chi connectivity index (χ2v) is 4.00. The molecule has 0 aliphatic heterocycles. The highest BCUT2D eigenvalue weighted by Crippen LogP contribution is 2.20. The van der Waals surface area contributed by atoms with Crippen molar-refractivity contribution in [1.29, 1.82) is 0 Å². The van der Waals surface area contributed by atoms with Crippen LogP contribution in [-0.2, 0) is 4.79 Å². The van der Waals surface area contributed by atoms with Gasteiger partial charge in [0.1, 0.15) is 11.6 Å². The number of nitrogens with two attached hydrogens (primary N) is 1. The molecule has 0 saturated carbocycles. The molecule has 3 nitrogen and oxygen atoms in total. The molecule has 0 aromatic heterocycles. The lowest BCUT2D eigenvalue weighted by molar-refractivity contribution is -0.118. The van der Waals surface area contributed by atoms with Crippen LogP contribution < -0.4 is 11.1 Å². The Morgan fingerprint density at radius 3 is 2.76 bits per heavy atom. The van der Waals surface area contributed by atoms with Gasteiger partial charge in [0.2, 0.25) is 5.91 Å². The second-order valence-electron chi connectivity index (χ2n) is 4.00. The standard InChI is InChI=1S/C12H12F2N2O/c13-8-2-4-10(14)11(6-8)16-12(17)7-1-3-9(15)5-7/h1-4,6-7,9H,5,15H2,(H,16,17). The summed E-state index contributed by atoms with van der Waals surface area (Å²) in [5, 5.41) is 2.35. The monoisotopic (exact) mass is 238 g/mol. The van der Waals surface area contributed by atoms with E-state index in [1.54, 1.807) is 12.2 Å². The highest BCUT2D eigenvalue weighted by molar-refractivity contribution is 5.94. The molecule has 5 heteroatoms. The van der Waals surface area contributed by atoms with Crippen LogP contribution in [0.25, 0.3) is 0 Å². The number of carbonyl (C=O) groups excluding carboxylic acids is 1. The first-order valence-electron chi connectivity index (χ1n) is 5.26. The van der Waals surface area contributed by atoms with Gasteiger partial charge in [-0.15, -0.1) is 0 Å². The first-order valence-corrected chi connectivity index (χ1v) is 5.26. The van der Waals surface area contributed by atoms with Crippen molar-refractivity contribution < 1.29 is 13.6 Å². The number of carbonyl (C=O) groups is 1. The maximum Gasteiger partial charge on any atom is 0.231 e. The van der Waals surface area contributed by atoms with Crippen LogP contribution in [0.15, 0.2) is 30.4 Å². The van der Waals surface area contributed by atoms with Gasteiger partial charge >= 0.3 is 0 Å². The summed E-state index contributed by atoms with van der Waals surface area (Å²) in [5.74, 6) is -2.02. The summed E-state index contributed by atoms with van der Waals surface area (Å²) in [6.45, 7) is 0. The molecule has 2 unspecified atom stereocenters. The summed E-state index contributed by atoms with van der Waals surface area (Å²) < 4.78 is 26.2. The van der Waals surface area contributed by atoms with E-state index in [2.05, 4.69) is 5.32 Å². The van der Waals surface area contributed by atoms with Crippen molar-refractivity contribution in [2.75, 3.05) is 5.32 Å². The van der Waals surface area contributed by atoms with Crippen LogP contribution in [0.3, 0.4) is 0 Å². The Morgan fingerprint density at radius 1 is 1.35 bits per heavy atom. The molecular formula is C12H12F2N2O. The summed E-state index contributed by atoms with van der Waals surface area (Å²) in [5.41, 5.74) is 5.46. The maximum atomic E-state index is 13.3. The van der Waals surface area contributed by atoms with E-state index in [0.717, 1.165) is 18.2 Å². The van der Waals surface area contributed by atoms with Crippen LogP contribution in [0, 0.1) is 17.6 Å². The summed E-state index contributed by atoms with van der Waals surface area (Å²) >= 11 is 0. The Morgan fingerprint density at radius 2 is 2.12 bits per heavy atom. The Balaban J connectivity index is 2.08. The van der Waals surface area contributed by atoms with Gasteiger partial charge in [-0.2, -0.15) is 0 Å². The zero-order valence-corrected chi connectivity index (χ0v) is 8.99. The van der Waals surface area contributed by atoms with Gasteiger partial charge in [-0.05, 0) is 18.6 Å². The van der Waals surface area contributed by atoms with Gasteiger partial charge in [-0.1, -0.05) is 12.2 Å². The van der Waals surface area contributed by atoms with Crippen molar-refractivity contribution in [2.24, 2.45) is 11.7 Å². The van der Waals surface area contributed by atoms with Gasteiger partial charge in [0, 0.05) is 12.1 Å². The highest BCUT2D eigenvalue weighted by Gasteiger charge is 2.23. The predicted molar refractivity (Wildman–Crippen MR) is 60.2 cm³/mol. The number of amides is 1. The summed E-state index contributed by atoms with van der Waals surface area (Å²) in [4.78, 5) is 11.7. The van der Waals surface area contributed by atoms with E-state index in [1.807, 2.05) is 0 Å². The molecule has 90 valence electrons. The van der Waals surface area contributed by atoms with Crippen LogP contribution >= 0.6 is 0 Å². The third-order valence-corrected chi connectivity index (χ3v) is 2.64. The molecule has 0 radical (unpaired) electrons. The summed E-state index contributed by atoms with van der Waals surface area (Å²) in [6.07, 6.45) is 3.89. The molecule has 1 aliphatic carbocycles. The fourth-order valence-electron chi connectivity index (χ4n) is 1.74. The molecular weight excluding hydrogens is 226 g/mol. The van der Waals surface area contributed by atoms with E-state index >= 15 is 0 Å². The first-order chi connectivity index (χ1) is 8.06. The fourth-order valence-corrected chi connectivity index (χ4v) is 1.74. The van der Waals surface area contributed by atoms with E-state index in [1.165, 1.54) is 0 Å². The Bertz CT molecular complexity index is 474. The molecule has 1 amide bonds. The highest BCUT2D eigenvalue weighted by atomic mass is 19.1. The number of hydrogen-bond donors (Lipinski definition) is 2. The van der Waals surface area contributed by atoms with Gasteiger partial charge in [0.25, 0.3) is 0 Å². The molecule has 2 rings (SSSR count). The van der Waals surface area contributed by atoms with Gasteiger partial charge in [0.05, 0.1) is 11.6 Å². The van der Waals surface area contributed by atoms with Crippen molar-refractivity contribution in [2.45, 2.75) is 12.5 Å². The summed E-state index contributed by atoms with van der Waals surface area (Å²) in [7, 11) is 0. The zero-order valence-electron chi connectivity index (χ0n) is 8.99. The van der Waals surface area contributed by atoms with E-state index in [0.29, 0.717) is 6.42 Å². The van der Waals surface area contributed by atoms with Crippen molar-refractivity contribution in [3.05, 3.63) is 42.0 Å². The minimum atomic E-state index is -0.661. The molecule has 2 atom stereocenters. The maximum absolute atomic E-state index is 13.3. The number of halogens is 2. The van der Waals surface area contributed by atoms with Crippen molar-refractivity contribution in [1.82, 2.24) is 0 Å². The Labute approximate surface area is 97.3 Å². The Hall–Kier alpha value is -1.75. The number of benzene rings is 1. The number of rotatable bonds is 2. The molecule has 1 aliphatic rings. The van der Waals surface area contributed by atoms with Gasteiger partial charge in [-0.25, -0.2) is 8.78 Å². The molecule has 3 N–H and O–H groups in total. The molecule has 0 saturated heterocycles. The topological polar surface area (TPSA) is 55.1 Å². The number of anilines is 1. The normalized spacial score (nSPS) is 22.8. The minimum Gasteiger partial charge on any atom is -0.324 e. The van der Waals surface area contributed by atoms with Gasteiger partial charge in [0.15, 0.2) is 0 Å². The van der Waals surface area contributed by atoms with E-state index in [4.69, 9.17) is 5.73 Å². The predicted octanol–water partition coefficient (Wildman–Crippen LogP) is 1.81. The lowest BCUT2D eigenvalue weighted by Gasteiger charge is -2.11. The molecule has 0 spiro atoms. The fraction of sp³-hybridized carbons (Fsp3) is 0.250. The number of hydrogen-bond acceptors (Lipinski definition) is 2. The quantitative estimate of drug-likeness (QED) is 0.772. The van der Waals surface area contributed by atoms with Gasteiger partial charge < -0.3 is 11.1 Å². The van der Waals surface area contributed by atoms with Crippen LogP contribution in [0.2, 0.25) is 0 Å². The molecule has 1 aromatic carbocycles. The van der Waals surface area contributed by atoms with Crippen LogP contribution in [0.1, 0.15) is 6.42 Å². The second kappa shape index (κ2) is 4.63. The summed E-state index contributed by atoms with van der Waals surface area (Å²) in [6, 6.07) is 2.77. The zero-order chi connectivity index (χ0) is 12.4. The van der Waals surface area contributed by atoms with E-state index in [-0.39, 0.29) is 23.6 Å². The van der Waals surface area contributed by atoms with Gasteiger partial charge in [-0.3, -0.25) is 4.79 Å². The largest absolute Gasteiger partial charge is 0.324 e. The van der Waals surface area contributed by atoms with Crippen LogP contribution in [0.5, 0.6) is 0 Å². The SMILES string of the molecule is NC1C=CC(C(=O)Nc2cc(F)ccc2F)C1. The minimum absolute atomic E-state index is 0.149. The lowest BCUT2D eigenvalue weighted by atomic mass is 10.1. The molecule has 0 heterocycles. The third-order valence-electron chi connectivity index (χ3n) is 2.64. The smallest absolute Gasteiger partial charge is 0.231 e. The Kier molecular flexibility index (Phi) is 3.19. The third kappa shape index (κ3) is 2.68. The van der Waals surface area contributed by atoms with Crippen LogP contribution in [-0.4, -0.2) is 11.9 Å².